The molecule has 154 valence electrons. The summed E-state index contributed by atoms with van der Waals surface area (Å²) in [7, 11) is 0. The molecule has 1 aromatic heterocycles. The van der Waals surface area contributed by atoms with Gasteiger partial charge in [0.1, 0.15) is 18.8 Å². The topological polar surface area (TPSA) is 105 Å². The second-order valence-corrected chi connectivity index (χ2v) is 7.32. The molecule has 0 radical (unpaired) electrons. The Labute approximate surface area is 174 Å². The van der Waals surface area contributed by atoms with Crippen LogP contribution in [0, 0.1) is 6.92 Å². The van der Waals surface area contributed by atoms with Gasteiger partial charge in [-0.15, -0.1) is 0 Å². The second kappa shape index (κ2) is 8.61. The molecule has 1 aliphatic carbocycles. The molecule has 1 heterocycles. The number of amides is 1. The van der Waals surface area contributed by atoms with Crippen molar-refractivity contribution in [3.8, 4) is 11.1 Å². The normalized spacial score (nSPS) is 14.5. The summed E-state index contributed by atoms with van der Waals surface area (Å²) >= 11 is 0. The van der Waals surface area contributed by atoms with Gasteiger partial charge >= 0.3 is 6.09 Å². The van der Waals surface area contributed by atoms with Crippen molar-refractivity contribution in [2.75, 3.05) is 13.2 Å². The number of aliphatic hydroxyl groups excluding tert-OH is 2. The lowest BCUT2D eigenvalue weighted by Crippen LogP contribution is -2.36. The number of aryl methyl sites for hydroxylation is 1. The van der Waals surface area contributed by atoms with Crippen LogP contribution in [-0.4, -0.2) is 45.8 Å². The number of benzene rings is 2. The predicted octanol–water partition coefficient (Wildman–Crippen LogP) is 2.72. The van der Waals surface area contributed by atoms with Gasteiger partial charge in [-0.05, 0) is 41.3 Å². The molecule has 1 amide bonds. The van der Waals surface area contributed by atoms with Crippen LogP contribution in [0.2, 0.25) is 0 Å². The zero-order valence-corrected chi connectivity index (χ0v) is 16.5. The molecule has 1 aliphatic rings. The average Bonchev–Trinajstić information content (AvgIpc) is 3.10. The van der Waals surface area contributed by atoms with Crippen molar-refractivity contribution in [2.24, 2.45) is 0 Å². The lowest BCUT2D eigenvalue weighted by Gasteiger charge is -2.18. The van der Waals surface area contributed by atoms with Crippen LogP contribution in [0.4, 0.5) is 4.79 Å². The Bertz CT molecular complexity index is 993. The molecule has 7 heteroatoms. The lowest BCUT2D eigenvalue weighted by molar-refractivity contribution is 0.0155. The quantitative estimate of drug-likeness (QED) is 0.583. The molecular formula is C23H23N3O4. The highest BCUT2D eigenvalue weighted by Crippen LogP contribution is 2.44. The number of carbonyl (C=O) groups is 1. The zero-order valence-electron chi connectivity index (χ0n) is 16.5. The summed E-state index contributed by atoms with van der Waals surface area (Å²) in [5, 5.41) is 30.5. The van der Waals surface area contributed by atoms with Crippen LogP contribution in [0.1, 0.15) is 34.5 Å². The van der Waals surface area contributed by atoms with Crippen molar-refractivity contribution in [1.29, 1.82) is 0 Å². The molecule has 3 N–H and O–H groups in total. The van der Waals surface area contributed by atoms with Crippen molar-refractivity contribution in [1.82, 2.24) is 15.5 Å². The molecule has 0 saturated heterocycles. The van der Waals surface area contributed by atoms with Gasteiger partial charge in [0.05, 0.1) is 11.4 Å². The molecule has 2 atom stereocenters. The van der Waals surface area contributed by atoms with Gasteiger partial charge in [-0.1, -0.05) is 48.5 Å². The van der Waals surface area contributed by atoms with E-state index in [1.54, 1.807) is 19.1 Å². The molecule has 0 spiro atoms. The minimum atomic E-state index is -1.26. The first-order chi connectivity index (χ1) is 14.5. The van der Waals surface area contributed by atoms with E-state index in [9.17, 15) is 15.0 Å². The summed E-state index contributed by atoms with van der Waals surface area (Å²) in [6.45, 7) is 1.79. The minimum absolute atomic E-state index is 0.0403. The second-order valence-electron chi connectivity index (χ2n) is 7.32. The fourth-order valence-corrected chi connectivity index (χ4v) is 3.71. The Morgan fingerprint density at radius 1 is 1.00 bits per heavy atom. The highest BCUT2D eigenvalue weighted by atomic mass is 16.5. The molecule has 7 nitrogen and oxygen atoms in total. The Morgan fingerprint density at radius 2 is 1.63 bits per heavy atom. The van der Waals surface area contributed by atoms with E-state index < -0.39 is 18.3 Å². The zero-order chi connectivity index (χ0) is 21.1. The average molecular weight is 405 g/mol. The number of aliphatic hydroxyl groups is 2. The van der Waals surface area contributed by atoms with Gasteiger partial charge in [0.25, 0.3) is 0 Å². The third-order valence-electron chi connectivity index (χ3n) is 5.29. The lowest BCUT2D eigenvalue weighted by atomic mass is 9.98. The van der Waals surface area contributed by atoms with Crippen molar-refractivity contribution < 1.29 is 19.7 Å². The smallest absolute Gasteiger partial charge is 0.407 e. The van der Waals surface area contributed by atoms with Crippen molar-refractivity contribution in [3.05, 3.63) is 83.2 Å². The van der Waals surface area contributed by atoms with E-state index in [1.807, 2.05) is 36.4 Å². The molecule has 0 aliphatic heterocycles. The first-order valence-corrected chi connectivity index (χ1v) is 9.80. The predicted molar refractivity (Wildman–Crippen MR) is 111 cm³/mol. The van der Waals surface area contributed by atoms with E-state index in [2.05, 4.69) is 27.6 Å². The fraction of sp³-hybridized carbons (Fsp3) is 0.261. The molecule has 2 unspecified atom stereocenters. The Morgan fingerprint density at radius 3 is 2.23 bits per heavy atom. The van der Waals surface area contributed by atoms with Gasteiger partial charge in [-0.2, -0.15) is 10.2 Å². The first-order valence-electron chi connectivity index (χ1n) is 9.80. The van der Waals surface area contributed by atoms with Crippen molar-refractivity contribution >= 4 is 6.09 Å². The number of ether oxygens (including phenoxy) is 1. The molecule has 2 aromatic carbocycles. The third kappa shape index (κ3) is 4.03. The molecular weight excluding hydrogens is 382 g/mol. The summed E-state index contributed by atoms with van der Waals surface area (Å²) in [5.74, 6) is -0.0403. The maximum absolute atomic E-state index is 12.2. The van der Waals surface area contributed by atoms with Crippen LogP contribution >= 0.6 is 0 Å². The van der Waals surface area contributed by atoms with E-state index in [0.29, 0.717) is 5.69 Å². The molecule has 0 saturated carbocycles. The number of rotatable bonds is 6. The van der Waals surface area contributed by atoms with Crippen molar-refractivity contribution in [3.63, 3.8) is 0 Å². The Kier molecular flexibility index (Phi) is 5.74. The van der Waals surface area contributed by atoms with Gasteiger partial charge in [0.15, 0.2) is 0 Å². The summed E-state index contributed by atoms with van der Waals surface area (Å²) < 4.78 is 5.42. The van der Waals surface area contributed by atoms with Gasteiger partial charge in [0.2, 0.25) is 0 Å². The van der Waals surface area contributed by atoms with Gasteiger partial charge < -0.3 is 20.3 Å². The number of nitrogens with one attached hydrogen (secondary N) is 1. The molecule has 4 rings (SSSR count). The largest absolute Gasteiger partial charge is 0.449 e. The number of hydrogen-bond donors (Lipinski definition) is 3. The summed E-state index contributed by atoms with van der Waals surface area (Å²) in [5.41, 5.74) is 5.50. The monoisotopic (exact) mass is 405 g/mol. The van der Waals surface area contributed by atoms with Gasteiger partial charge in [0, 0.05) is 12.5 Å². The van der Waals surface area contributed by atoms with Gasteiger partial charge in [-0.3, -0.25) is 0 Å². The van der Waals surface area contributed by atoms with Crippen molar-refractivity contribution in [2.45, 2.75) is 25.0 Å². The number of fused-ring (bicyclic) bond motifs is 3. The molecule has 0 fully saturated rings. The fourth-order valence-electron chi connectivity index (χ4n) is 3.71. The van der Waals surface area contributed by atoms with Crippen LogP contribution < -0.4 is 5.32 Å². The van der Waals surface area contributed by atoms with E-state index >= 15 is 0 Å². The third-order valence-corrected chi connectivity index (χ3v) is 5.29. The summed E-state index contributed by atoms with van der Waals surface area (Å²) in [6.07, 6.45) is -3.15. The maximum atomic E-state index is 12.2. The SMILES string of the molecule is Cc1ccc(C(O)C(O)CNC(=O)OCC2c3ccccc3-c3ccccc32)nn1. The number of alkyl carbamates (subject to hydrolysis) is 1. The van der Waals surface area contributed by atoms with Crippen LogP contribution in [0.5, 0.6) is 0 Å². The van der Waals surface area contributed by atoms with Crippen LogP contribution in [0.25, 0.3) is 11.1 Å². The van der Waals surface area contributed by atoms with Gasteiger partial charge in [-0.25, -0.2) is 4.79 Å². The minimum Gasteiger partial charge on any atom is -0.449 e. The van der Waals surface area contributed by atoms with E-state index in [-0.39, 0.29) is 24.8 Å². The molecule has 30 heavy (non-hydrogen) atoms. The van der Waals surface area contributed by atoms with Crippen LogP contribution in [0.3, 0.4) is 0 Å². The van der Waals surface area contributed by atoms with Crippen LogP contribution in [0.15, 0.2) is 60.7 Å². The number of aromatic nitrogens is 2. The number of nitrogens with zero attached hydrogens (tertiary/aromatic N) is 2. The standard InChI is InChI=1S/C23H23N3O4/c1-14-10-11-20(26-25-14)22(28)21(27)12-24-23(29)30-13-19-17-8-4-2-6-15(17)16-7-3-5-9-18(16)19/h2-11,19,21-22,27-28H,12-13H2,1H3,(H,24,29). The molecule has 3 aromatic rings. The number of carbonyl (C=O) groups excluding carboxylic acids is 1. The van der Waals surface area contributed by atoms with E-state index in [4.69, 9.17) is 4.74 Å². The number of hydrogen-bond acceptors (Lipinski definition) is 6. The summed E-state index contributed by atoms with van der Waals surface area (Å²) in [4.78, 5) is 12.2. The highest BCUT2D eigenvalue weighted by Gasteiger charge is 2.29. The maximum Gasteiger partial charge on any atom is 0.407 e. The van der Waals surface area contributed by atoms with E-state index in [1.165, 1.54) is 0 Å². The molecule has 0 bridgehead atoms. The van der Waals surface area contributed by atoms with Crippen LogP contribution in [-0.2, 0) is 4.74 Å². The van der Waals surface area contributed by atoms with E-state index in [0.717, 1.165) is 22.3 Å². The Balaban J connectivity index is 1.33. The Hall–Kier alpha value is -3.29. The first kappa shape index (κ1) is 20.0. The highest BCUT2D eigenvalue weighted by molar-refractivity contribution is 5.79. The summed E-state index contributed by atoms with van der Waals surface area (Å²) in [6, 6.07) is 19.5.